The first-order chi connectivity index (χ1) is 19.0. The van der Waals surface area contributed by atoms with Crippen LogP contribution in [0.25, 0.3) is 0 Å². The molecule has 1 aromatic heterocycles. The fraction of sp³-hybridized carbons (Fsp3) is 0.194. The number of allylic oxidation sites excluding steroid dienone is 4. The number of carboxylic acid groups (broad SMARTS) is 1. The van der Waals surface area contributed by atoms with E-state index < -0.39 is 17.9 Å². The fourth-order valence-corrected chi connectivity index (χ4v) is 4.30. The van der Waals surface area contributed by atoms with E-state index in [0.29, 0.717) is 12.2 Å². The average Bonchev–Trinajstić information content (AvgIpc) is 3.29. The molecule has 1 aliphatic rings. The van der Waals surface area contributed by atoms with Crippen molar-refractivity contribution in [3.05, 3.63) is 132 Å². The van der Waals surface area contributed by atoms with Crippen molar-refractivity contribution in [3.63, 3.8) is 0 Å². The summed E-state index contributed by atoms with van der Waals surface area (Å²) >= 11 is 0. The third-order valence-corrected chi connectivity index (χ3v) is 6.23. The normalized spacial score (nSPS) is 13.2. The van der Waals surface area contributed by atoms with Crippen molar-refractivity contribution in [2.75, 3.05) is 6.54 Å². The van der Waals surface area contributed by atoms with E-state index in [-0.39, 0.29) is 37.0 Å². The molecule has 0 fully saturated rings. The van der Waals surface area contributed by atoms with Crippen molar-refractivity contribution in [2.45, 2.75) is 31.2 Å². The molecule has 2 amide bonds. The number of nitrogens with one attached hydrogen (secondary N) is 3. The Morgan fingerprint density at radius 1 is 0.872 bits per heavy atom. The summed E-state index contributed by atoms with van der Waals surface area (Å²) in [6, 6.07) is 21.8. The summed E-state index contributed by atoms with van der Waals surface area (Å²) in [5, 5.41) is 18.0. The van der Waals surface area contributed by atoms with E-state index in [2.05, 4.69) is 16.0 Å². The van der Waals surface area contributed by atoms with Gasteiger partial charge >= 0.3 is 5.97 Å². The van der Waals surface area contributed by atoms with Crippen LogP contribution in [-0.4, -0.2) is 35.5 Å². The molecular formula is C31H31N3O5. The van der Waals surface area contributed by atoms with Gasteiger partial charge in [-0.25, -0.2) is 4.79 Å². The number of hydrogen-bond acceptors (Lipinski definition) is 5. The molecule has 2 heterocycles. The van der Waals surface area contributed by atoms with E-state index in [1.54, 1.807) is 18.3 Å². The number of benzene rings is 2. The van der Waals surface area contributed by atoms with Crippen molar-refractivity contribution in [3.8, 4) is 0 Å². The molecule has 0 radical (unpaired) electrons. The molecule has 1 aliphatic heterocycles. The fourth-order valence-electron chi connectivity index (χ4n) is 4.30. The minimum absolute atomic E-state index is 0.0358. The first kappa shape index (κ1) is 27.2. The van der Waals surface area contributed by atoms with E-state index >= 15 is 0 Å². The van der Waals surface area contributed by atoms with Gasteiger partial charge in [0.05, 0.1) is 12.3 Å². The highest BCUT2D eigenvalue weighted by Crippen LogP contribution is 2.32. The quantitative estimate of drug-likeness (QED) is 0.259. The summed E-state index contributed by atoms with van der Waals surface area (Å²) in [6.07, 6.45) is 9.79. The second-order valence-electron chi connectivity index (χ2n) is 9.07. The van der Waals surface area contributed by atoms with Crippen molar-refractivity contribution >= 4 is 17.8 Å². The first-order valence-electron chi connectivity index (χ1n) is 12.8. The number of rotatable bonds is 12. The van der Waals surface area contributed by atoms with Crippen molar-refractivity contribution < 1.29 is 23.9 Å². The van der Waals surface area contributed by atoms with Gasteiger partial charge < -0.3 is 25.5 Å². The monoisotopic (exact) mass is 525 g/mol. The number of carbonyl (C=O) groups excluding carboxylic acids is 2. The molecule has 200 valence electrons. The summed E-state index contributed by atoms with van der Waals surface area (Å²) in [4.78, 5) is 36.9. The Balaban J connectivity index is 1.33. The van der Waals surface area contributed by atoms with Gasteiger partial charge in [0.2, 0.25) is 5.91 Å². The Bertz CT molecular complexity index is 1320. The van der Waals surface area contributed by atoms with Gasteiger partial charge in [-0.05, 0) is 48.3 Å². The highest BCUT2D eigenvalue weighted by molar-refractivity contribution is 5.94. The SMILES string of the molecule is O=C(CC1=CC=CC=CN1)NCCCC(NC(=O)c1ccc(C(c2ccccc2)c2ccccc2)o1)C(=O)O. The van der Waals surface area contributed by atoms with E-state index in [1.165, 1.54) is 0 Å². The molecule has 0 bridgehead atoms. The number of furan rings is 1. The van der Waals surface area contributed by atoms with Crippen LogP contribution in [0.5, 0.6) is 0 Å². The van der Waals surface area contributed by atoms with Crippen LogP contribution in [0.4, 0.5) is 0 Å². The Hall–Kier alpha value is -4.85. The van der Waals surface area contributed by atoms with Gasteiger partial charge in [-0.1, -0.05) is 72.8 Å². The Labute approximate surface area is 227 Å². The molecule has 0 saturated heterocycles. The van der Waals surface area contributed by atoms with Crippen LogP contribution in [-0.2, 0) is 9.59 Å². The molecule has 3 aromatic rings. The lowest BCUT2D eigenvalue weighted by Crippen LogP contribution is -2.41. The van der Waals surface area contributed by atoms with Gasteiger partial charge in [-0.15, -0.1) is 0 Å². The smallest absolute Gasteiger partial charge is 0.326 e. The second-order valence-corrected chi connectivity index (χ2v) is 9.07. The first-order valence-corrected chi connectivity index (χ1v) is 12.8. The van der Waals surface area contributed by atoms with Crippen LogP contribution in [0, 0.1) is 0 Å². The molecule has 4 rings (SSSR count). The highest BCUT2D eigenvalue weighted by Gasteiger charge is 2.25. The Kier molecular flexibility index (Phi) is 9.50. The van der Waals surface area contributed by atoms with Gasteiger partial charge in [-0.3, -0.25) is 9.59 Å². The van der Waals surface area contributed by atoms with E-state index in [9.17, 15) is 19.5 Å². The van der Waals surface area contributed by atoms with Gasteiger partial charge in [-0.2, -0.15) is 0 Å². The van der Waals surface area contributed by atoms with E-state index in [0.717, 1.165) is 16.8 Å². The largest absolute Gasteiger partial charge is 0.480 e. The minimum Gasteiger partial charge on any atom is -0.480 e. The summed E-state index contributed by atoms with van der Waals surface area (Å²) in [6.45, 7) is 0.290. The Morgan fingerprint density at radius 2 is 1.56 bits per heavy atom. The number of hydrogen-bond donors (Lipinski definition) is 4. The zero-order valence-electron chi connectivity index (χ0n) is 21.4. The summed E-state index contributed by atoms with van der Waals surface area (Å²) < 4.78 is 5.95. The molecule has 4 N–H and O–H groups in total. The number of amides is 2. The van der Waals surface area contributed by atoms with Crippen molar-refractivity contribution in [2.24, 2.45) is 0 Å². The molecular weight excluding hydrogens is 494 g/mol. The van der Waals surface area contributed by atoms with Crippen LogP contribution in [0.15, 0.2) is 113 Å². The summed E-state index contributed by atoms with van der Waals surface area (Å²) in [5.74, 6) is -1.54. The highest BCUT2D eigenvalue weighted by atomic mass is 16.4. The van der Waals surface area contributed by atoms with Crippen LogP contribution < -0.4 is 16.0 Å². The van der Waals surface area contributed by atoms with Gasteiger partial charge in [0.1, 0.15) is 11.8 Å². The molecule has 8 nitrogen and oxygen atoms in total. The predicted octanol–water partition coefficient (Wildman–Crippen LogP) is 4.49. The van der Waals surface area contributed by atoms with Gasteiger partial charge in [0, 0.05) is 18.4 Å². The standard InChI is InChI=1S/C31H31N3O5/c35-28(21-24-15-8-3-9-19-32-24)33-20-10-16-25(31(37)38)34-30(36)27-18-17-26(39-27)29(22-11-4-1-5-12-22)23-13-6-2-7-14-23/h1-9,11-15,17-19,25,29,32H,10,16,20-21H2,(H,33,35)(H,34,36)(H,37,38). The predicted molar refractivity (Wildman–Crippen MR) is 148 cm³/mol. The molecule has 8 heteroatoms. The maximum atomic E-state index is 12.9. The molecule has 0 aliphatic carbocycles. The van der Waals surface area contributed by atoms with Crippen molar-refractivity contribution in [1.29, 1.82) is 0 Å². The number of carbonyl (C=O) groups is 3. The lowest BCUT2D eigenvalue weighted by Gasteiger charge is -2.16. The third kappa shape index (κ3) is 7.82. The zero-order valence-corrected chi connectivity index (χ0v) is 21.4. The number of carboxylic acids is 1. The molecule has 0 spiro atoms. The maximum absolute atomic E-state index is 12.9. The lowest BCUT2D eigenvalue weighted by molar-refractivity contribution is -0.139. The molecule has 1 atom stereocenters. The summed E-state index contributed by atoms with van der Waals surface area (Å²) in [5.41, 5.74) is 2.77. The van der Waals surface area contributed by atoms with Crippen LogP contribution in [0.2, 0.25) is 0 Å². The summed E-state index contributed by atoms with van der Waals surface area (Å²) in [7, 11) is 0. The van der Waals surface area contributed by atoms with Crippen LogP contribution in [0.3, 0.4) is 0 Å². The lowest BCUT2D eigenvalue weighted by atomic mass is 9.89. The van der Waals surface area contributed by atoms with Crippen LogP contribution in [0.1, 0.15) is 52.6 Å². The Morgan fingerprint density at radius 3 is 2.23 bits per heavy atom. The molecule has 1 unspecified atom stereocenters. The van der Waals surface area contributed by atoms with Crippen LogP contribution >= 0.6 is 0 Å². The second kappa shape index (κ2) is 13.6. The zero-order chi connectivity index (χ0) is 27.5. The van der Waals surface area contributed by atoms with E-state index in [1.807, 2.05) is 85.0 Å². The molecule has 0 saturated carbocycles. The third-order valence-electron chi connectivity index (χ3n) is 6.23. The molecule has 2 aromatic carbocycles. The van der Waals surface area contributed by atoms with Gasteiger partial charge in [0.25, 0.3) is 5.91 Å². The average molecular weight is 526 g/mol. The number of aliphatic carboxylic acids is 1. The van der Waals surface area contributed by atoms with E-state index in [4.69, 9.17) is 4.42 Å². The maximum Gasteiger partial charge on any atom is 0.326 e. The van der Waals surface area contributed by atoms with Gasteiger partial charge in [0.15, 0.2) is 5.76 Å². The van der Waals surface area contributed by atoms with Crippen molar-refractivity contribution in [1.82, 2.24) is 16.0 Å². The molecule has 39 heavy (non-hydrogen) atoms. The minimum atomic E-state index is -1.15. The topological polar surface area (TPSA) is 121 Å².